The Morgan fingerprint density at radius 1 is 1.35 bits per heavy atom. The Bertz CT molecular complexity index is 725. The van der Waals surface area contributed by atoms with Gasteiger partial charge in [0.1, 0.15) is 24.1 Å². The van der Waals surface area contributed by atoms with Crippen molar-refractivity contribution in [1.29, 1.82) is 0 Å². The first-order valence-corrected chi connectivity index (χ1v) is 8.87. The molecule has 0 bridgehead atoms. The normalized spacial score (nSPS) is 16.3. The highest BCUT2D eigenvalue weighted by Gasteiger charge is 2.48. The lowest BCUT2D eigenvalue weighted by Gasteiger charge is -2.15. The SMILES string of the molecule is CC=O.CNCC(=O)N1CCC2(CC2)C1.CNc1ncnc2[nH]ccc12. The third kappa shape index (κ3) is 5.01. The summed E-state index contributed by atoms with van der Waals surface area (Å²) in [4.78, 5) is 33.3. The first kappa shape index (κ1) is 19.8. The number of aromatic amines is 1. The van der Waals surface area contributed by atoms with Crippen LogP contribution in [0.15, 0.2) is 18.6 Å². The van der Waals surface area contributed by atoms with Gasteiger partial charge >= 0.3 is 0 Å². The molecule has 1 saturated carbocycles. The summed E-state index contributed by atoms with van der Waals surface area (Å²) >= 11 is 0. The van der Waals surface area contributed by atoms with Gasteiger partial charge in [-0.1, -0.05) is 0 Å². The summed E-state index contributed by atoms with van der Waals surface area (Å²) in [5.41, 5.74) is 1.44. The molecule has 2 fully saturated rings. The van der Waals surface area contributed by atoms with E-state index in [1.54, 1.807) is 0 Å². The molecule has 1 spiro atoms. The van der Waals surface area contributed by atoms with Crippen LogP contribution in [0.5, 0.6) is 0 Å². The van der Waals surface area contributed by atoms with Crippen LogP contribution in [-0.2, 0) is 9.59 Å². The number of carbonyl (C=O) groups excluding carboxylic acids is 2. The van der Waals surface area contributed by atoms with Crippen molar-refractivity contribution in [1.82, 2.24) is 25.2 Å². The molecule has 8 heteroatoms. The maximum atomic E-state index is 11.4. The molecule has 0 radical (unpaired) electrons. The molecule has 1 amide bonds. The van der Waals surface area contributed by atoms with E-state index in [9.17, 15) is 4.79 Å². The summed E-state index contributed by atoms with van der Waals surface area (Å²) < 4.78 is 0. The zero-order chi connectivity index (χ0) is 19.0. The van der Waals surface area contributed by atoms with E-state index in [2.05, 4.69) is 25.6 Å². The van der Waals surface area contributed by atoms with E-state index in [1.165, 1.54) is 32.5 Å². The van der Waals surface area contributed by atoms with Crippen LogP contribution >= 0.6 is 0 Å². The Kier molecular flexibility index (Phi) is 7.08. The lowest BCUT2D eigenvalue weighted by Crippen LogP contribution is -2.35. The fourth-order valence-electron chi connectivity index (χ4n) is 3.07. The highest BCUT2D eigenvalue weighted by atomic mass is 16.2. The number of fused-ring (bicyclic) bond motifs is 1. The molecule has 1 aliphatic heterocycles. The number of nitrogens with zero attached hydrogens (tertiary/aromatic N) is 3. The predicted octanol–water partition coefficient (Wildman–Crippen LogP) is 1.42. The number of aldehydes is 1. The van der Waals surface area contributed by atoms with Crippen LogP contribution in [0.25, 0.3) is 11.0 Å². The van der Waals surface area contributed by atoms with Gasteiger partial charge in [0.2, 0.25) is 5.91 Å². The monoisotopic (exact) mass is 360 g/mol. The van der Waals surface area contributed by atoms with Crippen molar-refractivity contribution in [2.24, 2.45) is 5.41 Å². The molecular formula is C18H28N6O2. The van der Waals surface area contributed by atoms with Crippen LogP contribution in [0.2, 0.25) is 0 Å². The Morgan fingerprint density at radius 3 is 2.65 bits per heavy atom. The minimum atomic E-state index is 0.265. The van der Waals surface area contributed by atoms with Gasteiger partial charge in [0.25, 0.3) is 0 Å². The van der Waals surface area contributed by atoms with Crippen LogP contribution in [0, 0.1) is 5.41 Å². The number of hydrogen-bond acceptors (Lipinski definition) is 6. The lowest BCUT2D eigenvalue weighted by atomic mass is 10.1. The number of aromatic nitrogens is 3. The van der Waals surface area contributed by atoms with Gasteiger partial charge in [-0.3, -0.25) is 4.79 Å². The fraction of sp³-hybridized carbons (Fsp3) is 0.556. The number of hydrogen-bond donors (Lipinski definition) is 3. The van der Waals surface area contributed by atoms with Gasteiger partial charge in [-0.2, -0.15) is 0 Å². The molecule has 2 aliphatic rings. The van der Waals surface area contributed by atoms with Crippen molar-refractivity contribution in [2.75, 3.05) is 39.0 Å². The Labute approximate surface area is 153 Å². The van der Waals surface area contributed by atoms with E-state index in [1.807, 2.05) is 31.3 Å². The molecule has 0 aromatic carbocycles. The first-order valence-electron chi connectivity index (χ1n) is 8.87. The van der Waals surface area contributed by atoms with E-state index < -0.39 is 0 Å². The van der Waals surface area contributed by atoms with E-state index in [0.717, 1.165) is 36.2 Å². The average molecular weight is 360 g/mol. The quantitative estimate of drug-likeness (QED) is 0.716. The maximum Gasteiger partial charge on any atom is 0.236 e. The van der Waals surface area contributed by atoms with Gasteiger partial charge in [0.05, 0.1) is 11.9 Å². The second-order valence-electron chi connectivity index (χ2n) is 6.54. The maximum absolute atomic E-state index is 11.4. The van der Waals surface area contributed by atoms with Gasteiger partial charge in [0.15, 0.2) is 0 Å². The zero-order valence-electron chi connectivity index (χ0n) is 15.7. The van der Waals surface area contributed by atoms with Crippen molar-refractivity contribution in [3.8, 4) is 0 Å². The van der Waals surface area contributed by atoms with Gasteiger partial charge < -0.3 is 25.3 Å². The van der Waals surface area contributed by atoms with Gasteiger partial charge in [-0.05, 0) is 44.7 Å². The number of likely N-dealkylation sites (N-methyl/N-ethyl adjacent to an activating group) is 1. The second kappa shape index (κ2) is 9.28. The van der Waals surface area contributed by atoms with Crippen molar-refractivity contribution >= 4 is 29.0 Å². The van der Waals surface area contributed by atoms with Crippen molar-refractivity contribution in [3.63, 3.8) is 0 Å². The molecular weight excluding hydrogens is 332 g/mol. The van der Waals surface area contributed by atoms with Crippen molar-refractivity contribution in [2.45, 2.75) is 26.2 Å². The summed E-state index contributed by atoms with van der Waals surface area (Å²) in [6.45, 7) is 3.95. The van der Waals surface area contributed by atoms with Crippen LogP contribution < -0.4 is 10.6 Å². The number of carbonyl (C=O) groups is 2. The molecule has 4 rings (SSSR count). The molecule has 3 N–H and O–H groups in total. The summed E-state index contributed by atoms with van der Waals surface area (Å²) in [7, 11) is 3.66. The van der Waals surface area contributed by atoms with Crippen LogP contribution in [0.1, 0.15) is 26.2 Å². The Hall–Kier alpha value is -2.48. The van der Waals surface area contributed by atoms with Gasteiger partial charge in [0, 0.05) is 26.3 Å². The molecule has 3 heterocycles. The number of likely N-dealkylation sites (tertiary alicyclic amines) is 1. The average Bonchev–Trinajstić information content (AvgIpc) is 3.05. The molecule has 0 unspecified atom stereocenters. The van der Waals surface area contributed by atoms with Crippen LogP contribution in [0.4, 0.5) is 5.82 Å². The molecule has 2 aromatic rings. The topological polar surface area (TPSA) is 103 Å². The summed E-state index contributed by atoms with van der Waals surface area (Å²) in [6, 6.07) is 1.95. The predicted molar refractivity (Wildman–Crippen MR) is 102 cm³/mol. The fourth-order valence-corrected chi connectivity index (χ4v) is 3.07. The Balaban J connectivity index is 0.000000163. The lowest BCUT2D eigenvalue weighted by molar-refractivity contribution is -0.129. The zero-order valence-corrected chi connectivity index (χ0v) is 15.7. The smallest absolute Gasteiger partial charge is 0.236 e. The van der Waals surface area contributed by atoms with Gasteiger partial charge in [-0.15, -0.1) is 0 Å². The number of H-pyrrole nitrogens is 1. The summed E-state index contributed by atoms with van der Waals surface area (Å²) in [5, 5.41) is 6.91. The standard InChI is InChI=1S/C9H16N2O.C7H8N4.C2H4O/c1-10-6-8(12)11-5-4-9(7-11)2-3-9;1-8-6-5-2-3-9-7(5)11-4-10-6;1-2-3/h10H,2-7H2,1H3;2-4H,1H3,(H2,8,9,10,11);2H,1H3. The van der Waals surface area contributed by atoms with E-state index in [-0.39, 0.29) is 5.91 Å². The highest BCUT2D eigenvalue weighted by molar-refractivity contribution is 5.86. The largest absolute Gasteiger partial charge is 0.372 e. The van der Waals surface area contributed by atoms with Crippen LogP contribution in [0.3, 0.4) is 0 Å². The molecule has 26 heavy (non-hydrogen) atoms. The number of rotatable bonds is 3. The minimum absolute atomic E-state index is 0.265. The van der Waals surface area contributed by atoms with Crippen molar-refractivity contribution < 1.29 is 9.59 Å². The molecule has 1 saturated heterocycles. The molecule has 142 valence electrons. The molecule has 2 aromatic heterocycles. The van der Waals surface area contributed by atoms with E-state index in [0.29, 0.717) is 12.0 Å². The van der Waals surface area contributed by atoms with E-state index in [4.69, 9.17) is 4.79 Å². The van der Waals surface area contributed by atoms with Crippen LogP contribution in [-0.4, -0.2) is 65.8 Å². The molecule has 8 nitrogen and oxygen atoms in total. The third-order valence-electron chi connectivity index (χ3n) is 4.67. The molecule has 0 atom stereocenters. The number of anilines is 1. The summed E-state index contributed by atoms with van der Waals surface area (Å²) in [6.07, 6.45) is 8.06. The first-order chi connectivity index (χ1) is 12.6. The molecule has 1 aliphatic carbocycles. The Morgan fingerprint density at radius 2 is 2.08 bits per heavy atom. The highest BCUT2D eigenvalue weighted by Crippen LogP contribution is 2.52. The summed E-state index contributed by atoms with van der Waals surface area (Å²) in [5.74, 6) is 1.12. The number of amides is 1. The van der Waals surface area contributed by atoms with E-state index >= 15 is 0 Å². The second-order valence-corrected chi connectivity index (χ2v) is 6.54. The third-order valence-corrected chi connectivity index (χ3v) is 4.67. The van der Waals surface area contributed by atoms with Gasteiger partial charge in [-0.25, -0.2) is 9.97 Å². The number of nitrogens with one attached hydrogen (secondary N) is 3. The minimum Gasteiger partial charge on any atom is -0.372 e. The van der Waals surface area contributed by atoms with Crippen molar-refractivity contribution in [3.05, 3.63) is 18.6 Å².